The van der Waals surface area contributed by atoms with E-state index in [1.807, 2.05) is 19.3 Å². The normalized spacial score (nSPS) is 22.4. The molecule has 5 nitrogen and oxygen atoms in total. The molecule has 1 aliphatic rings. The van der Waals surface area contributed by atoms with Crippen molar-refractivity contribution in [2.75, 3.05) is 13.7 Å². The number of aryl methyl sites for hydroxylation is 3. The lowest BCUT2D eigenvalue weighted by Crippen LogP contribution is -2.25. The Morgan fingerprint density at radius 3 is 2.82 bits per heavy atom. The fourth-order valence-corrected chi connectivity index (χ4v) is 3.11. The molecule has 2 aromatic rings. The van der Waals surface area contributed by atoms with Crippen LogP contribution in [0.1, 0.15) is 40.8 Å². The lowest BCUT2D eigenvalue weighted by Gasteiger charge is -2.23. The third-order valence-electron chi connectivity index (χ3n) is 4.68. The van der Waals surface area contributed by atoms with Crippen molar-refractivity contribution in [2.24, 2.45) is 0 Å². The van der Waals surface area contributed by atoms with Gasteiger partial charge >= 0.3 is 0 Å². The van der Waals surface area contributed by atoms with Crippen LogP contribution in [0.15, 0.2) is 18.5 Å². The maximum Gasteiger partial charge on any atom is 0.124 e. The average molecular weight is 300 g/mol. The lowest BCUT2D eigenvalue weighted by molar-refractivity contribution is 0.107. The summed E-state index contributed by atoms with van der Waals surface area (Å²) in [7, 11) is 1.79. The number of nitrogens with zero attached hydrogens (tertiary/aromatic N) is 3. The van der Waals surface area contributed by atoms with E-state index in [9.17, 15) is 0 Å². The quantitative estimate of drug-likeness (QED) is 0.943. The Bertz CT molecular complexity index is 632. The highest BCUT2D eigenvalue weighted by molar-refractivity contribution is 5.22. The summed E-state index contributed by atoms with van der Waals surface area (Å²) in [5, 5.41) is 0. The number of aromatic amines is 1. The van der Waals surface area contributed by atoms with E-state index in [-0.39, 0.29) is 12.1 Å². The van der Waals surface area contributed by atoms with E-state index in [4.69, 9.17) is 9.72 Å². The third kappa shape index (κ3) is 2.91. The molecule has 0 aliphatic carbocycles. The molecule has 1 aliphatic heterocycles. The van der Waals surface area contributed by atoms with Crippen LogP contribution in [0.4, 0.5) is 0 Å². The van der Waals surface area contributed by atoms with Crippen molar-refractivity contribution in [1.82, 2.24) is 19.9 Å². The van der Waals surface area contributed by atoms with E-state index in [2.05, 4.69) is 34.8 Å². The van der Waals surface area contributed by atoms with Crippen molar-refractivity contribution in [2.45, 2.75) is 45.9 Å². The van der Waals surface area contributed by atoms with Gasteiger partial charge in [-0.1, -0.05) is 0 Å². The largest absolute Gasteiger partial charge is 0.380 e. The van der Waals surface area contributed by atoms with Crippen LogP contribution in [-0.2, 0) is 11.3 Å². The van der Waals surface area contributed by atoms with E-state index in [0.717, 1.165) is 36.7 Å². The molecular formula is C17H24N4O. The highest BCUT2D eigenvalue weighted by atomic mass is 16.5. The maximum absolute atomic E-state index is 5.60. The van der Waals surface area contributed by atoms with Crippen LogP contribution in [0.2, 0.25) is 0 Å². The summed E-state index contributed by atoms with van der Waals surface area (Å²) in [4.78, 5) is 14.8. The van der Waals surface area contributed by atoms with Crippen molar-refractivity contribution < 1.29 is 4.74 Å². The van der Waals surface area contributed by atoms with Gasteiger partial charge in [-0.3, -0.25) is 9.88 Å². The van der Waals surface area contributed by atoms with E-state index >= 15 is 0 Å². The van der Waals surface area contributed by atoms with Gasteiger partial charge in [-0.25, -0.2) is 4.98 Å². The molecule has 1 saturated heterocycles. The molecule has 118 valence electrons. The smallest absolute Gasteiger partial charge is 0.124 e. The topological polar surface area (TPSA) is 54.0 Å². The minimum absolute atomic E-state index is 0.257. The van der Waals surface area contributed by atoms with Crippen molar-refractivity contribution in [3.63, 3.8) is 0 Å². The molecule has 0 aromatic carbocycles. The number of nitrogens with one attached hydrogen (secondary N) is 1. The van der Waals surface area contributed by atoms with Gasteiger partial charge in [0, 0.05) is 38.3 Å². The third-order valence-corrected chi connectivity index (χ3v) is 4.68. The van der Waals surface area contributed by atoms with E-state index in [1.165, 1.54) is 11.1 Å². The van der Waals surface area contributed by atoms with Gasteiger partial charge in [-0.05, 0) is 44.4 Å². The number of likely N-dealkylation sites (tertiary alicyclic amines) is 1. The number of pyridine rings is 1. The molecule has 0 saturated carbocycles. The molecule has 2 atom stereocenters. The monoisotopic (exact) mass is 300 g/mol. The second-order valence-electron chi connectivity index (χ2n) is 6.17. The van der Waals surface area contributed by atoms with Gasteiger partial charge in [0.25, 0.3) is 0 Å². The van der Waals surface area contributed by atoms with Crippen LogP contribution in [0.3, 0.4) is 0 Å². The van der Waals surface area contributed by atoms with Crippen LogP contribution in [0.25, 0.3) is 0 Å². The lowest BCUT2D eigenvalue weighted by atomic mass is 10.1. The number of aromatic nitrogens is 3. The highest BCUT2D eigenvalue weighted by Gasteiger charge is 2.35. The maximum atomic E-state index is 5.60. The Labute approximate surface area is 131 Å². The van der Waals surface area contributed by atoms with Crippen LogP contribution in [-0.4, -0.2) is 39.6 Å². The molecule has 1 fully saturated rings. The Balaban J connectivity index is 1.85. The summed E-state index contributed by atoms with van der Waals surface area (Å²) < 4.78 is 5.60. The standard InChI is InChI=1S/C17H24N4O/c1-11-5-6-18-8-14(11)9-21-10-15(22-4)7-16(21)17-19-12(2)13(3)20-17/h5-6,8,15-16H,7,9-10H2,1-4H3,(H,19,20)/t15-,16+/m1/s1. The van der Waals surface area contributed by atoms with Crippen molar-refractivity contribution in [1.29, 1.82) is 0 Å². The van der Waals surface area contributed by atoms with E-state index in [1.54, 1.807) is 7.11 Å². The molecular weight excluding hydrogens is 276 g/mol. The van der Waals surface area contributed by atoms with E-state index in [0.29, 0.717) is 0 Å². The fourth-order valence-electron chi connectivity index (χ4n) is 3.11. The first-order chi connectivity index (χ1) is 10.6. The first-order valence-electron chi connectivity index (χ1n) is 7.78. The van der Waals surface area contributed by atoms with Gasteiger partial charge in [0.1, 0.15) is 5.82 Å². The Morgan fingerprint density at radius 1 is 1.36 bits per heavy atom. The van der Waals surface area contributed by atoms with Crippen molar-refractivity contribution in [3.8, 4) is 0 Å². The SMILES string of the molecule is CO[C@@H]1C[C@@H](c2nc(C)c(C)[nH]2)N(Cc2cnccc2C)C1. The van der Waals surface area contributed by atoms with E-state index < -0.39 is 0 Å². The first kappa shape index (κ1) is 15.2. The Hall–Kier alpha value is -1.72. The predicted molar refractivity (Wildman–Crippen MR) is 85.6 cm³/mol. The molecule has 3 heterocycles. The summed E-state index contributed by atoms with van der Waals surface area (Å²) in [6, 6.07) is 2.34. The van der Waals surface area contributed by atoms with Gasteiger partial charge in [0.2, 0.25) is 0 Å². The summed E-state index contributed by atoms with van der Waals surface area (Å²) in [5.74, 6) is 1.05. The van der Waals surface area contributed by atoms with Crippen LogP contribution in [0.5, 0.6) is 0 Å². The first-order valence-corrected chi connectivity index (χ1v) is 7.78. The zero-order valence-electron chi connectivity index (χ0n) is 13.8. The second-order valence-corrected chi connectivity index (χ2v) is 6.17. The molecule has 3 rings (SSSR count). The minimum atomic E-state index is 0.257. The molecule has 1 N–H and O–H groups in total. The van der Waals surface area contributed by atoms with Crippen LogP contribution < -0.4 is 0 Å². The number of H-pyrrole nitrogens is 1. The summed E-state index contributed by atoms with van der Waals surface area (Å²) in [6.45, 7) is 8.06. The number of imidazole rings is 1. The number of methoxy groups -OCH3 is 1. The summed E-state index contributed by atoms with van der Waals surface area (Å²) in [5.41, 5.74) is 4.77. The second kappa shape index (κ2) is 6.18. The fraction of sp³-hybridized carbons (Fsp3) is 0.529. The molecule has 0 unspecified atom stereocenters. The average Bonchev–Trinajstić information content (AvgIpc) is 3.05. The van der Waals surface area contributed by atoms with Gasteiger partial charge in [0.05, 0.1) is 17.8 Å². The number of hydrogen-bond donors (Lipinski definition) is 1. The van der Waals surface area contributed by atoms with Crippen LogP contribution >= 0.6 is 0 Å². The van der Waals surface area contributed by atoms with Gasteiger partial charge in [-0.2, -0.15) is 0 Å². The summed E-state index contributed by atoms with van der Waals surface area (Å²) >= 11 is 0. The Kier molecular flexibility index (Phi) is 4.27. The molecule has 5 heteroatoms. The molecule has 0 amide bonds. The molecule has 0 radical (unpaired) electrons. The summed E-state index contributed by atoms with van der Waals surface area (Å²) in [6.07, 6.45) is 5.04. The highest BCUT2D eigenvalue weighted by Crippen LogP contribution is 2.33. The zero-order chi connectivity index (χ0) is 15.7. The predicted octanol–water partition coefficient (Wildman–Crippen LogP) is 2.69. The van der Waals surface area contributed by atoms with Crippen molar-refractivity contribution >= 4 is 0 Å². The number of ether oxygens (including phenoxy) is 1. The van der Waals surface area contributed by atoms with Gasteiger partial charge in [0.15, 0.2) is 0 Å². The van der Waals surface area contributed by atoms with Crippen LogP contribution in [0, 0.1) is 20.8 Å². The molecule has 0 spiro atoms. The Morgan fingerprint density at radius 2 is 2.18 bits per heavy atom. The van der Waals surface area contributed by atoms with Gasteiger partial charge < -0.3 is 9.72 Å². The van der Waals surface area contributed by atoms with Crippen molar-refractivity contribution in [3.05, 3.63) is 46.8 Å². The zero-order valence-corrected chi connectivity index (χ0v) is 13.8. The number of rotatable bonds is 4. The van der Waals surface area contributed by atoms with Gasteiger partial charge in [-0.15, -0.1) is 0 Å². The molecule has 2 aromatic heterocycles. The minimum Gasteiger partial charge on any atom is -0.380 e. The molecule has 22 heavy (non-hydrogen) atoms. The molecule has 0 bridgehead atoms. The number of hydrogen-bond acceptors (Lipinski definition) is 4.